The predicted octanol–water partition coefficient (Wildman–Crippen LogP) is 2.27. The molecular formula is C19H18O4S. The lowest BCUT2D eigenvalue weighted by molar-refractivity contribution is -0.111. The molecule has 0 fully saturated rings. The molecule has 1 heterocycles. The molecule has 0 aliphatic carbocycles. The van der Waals surface area contributed by atoms with Crippen molar-refractivity contribution >= 4 is 26.5 Å². The summed E-state index contributed by atoms with van der Waals surface area (Å²) in [6.45, 7) is 0.342. The summed E-state index contributed by atoms with van der Waals surface area (Å²) < 4.78 is 17.4. The average Bonchev–Trinajstić information content (AvgIpc) is 2.64. The Balaban J connectivity index is 1.96. The van der Waals surface area contributed by atoms with Gasteiger partial charge in [0.15, 0.2) is 11.6 Å². The topological polar surface area (TPSA) is 60.4 Å². The molecule has 0 N–H and O–H groups in total. The first-order valence-electron chi connectivity index (χ1n) is 7.53. The number of benzene rings is 2. The van der Waals surface area contributed by atoms with Gasteiger partial charge in [0.2, 0.25) is 0 Å². The van der Waals surface area contributed by atoms with E-state index in [-0.39, 0.29) is 18.0 Å². The van der Waals surface area contributed by atoms with Crippen LogP contribution in [-0.2, 0) is 27.3 Å². The molecule has 1 aliphatic heterocycles. The quantitative estimate of drug-likeness (QED) is 0.803. The Morgan fingerprint density at radius 2 is 1.92 bits per heavy atom. The van der Waals surface area contributed by atoms with Crippen LogP contribution in [-0.4, -0.2) is 33.7 Å². The summed E-state index contributed by atoms with van der Waals surface area (Å²) >= 11 is 0. The molecule has 0 aromatic heterocycles. The smallest absolute Gasteiger partial charge is 0.197 e. The van der Waals surface area contributed by atoms with Crippen LogP contribution in [0.1, 0.15) is 27.0 Å². The number of ether oxygens (including phenoxy) is 1. The fraction of sp³-hybridized carbons (Fsp3) is 0.211. The molecule has 0 amide bonds. The van der Waals surface area contributed by atoms with E-state index in [1.807, 2.05) is 18.2 Å². The van der Waals surface area contributed by atoms with Crippen LogP contribution in [0.5, 0.6) is 5.75 Å². The van der Waals surface area contributed by atoms with Crippen molar-refractivity contribution in [2.24, 2.45) is 0 Å². The van der Waals surface area contributed by atoms with Crippen molar-refractivity contribution in [3.8, 4) is 5.75 Å². The van der Waals surface area contributed by atoms with Gasteiger partial charge in [0.25, 0.3) is 0 Å². The standard InChI is InChI=1S/C19H18O4S/c1-24(2,22)12-15(20)9-13-7-8-18-17(10-13)19(21)16-6-4-3-5-14(16)11-23-18/h3-8,10,12H,9,11H2,1-2H3. The molecule has 1 aliphatic rings. The maximum absolute atomic E-state index is 12.8. The molecule has 2 aromatic carbocycles. The minimum Gasteiger partial charge on any atom is -0.488 e. The van der Waals surface area contributed by atoms with Crippen molar-refractivity contribution in [1.29, 1.82) is 0 Å². The molecular weight excluding hydrogens is 324 g/mol. The van der Waals surface area contributed by atoms with Crippen molar-refractivity contribution in [2.45, 2.75) is 13.0 Å². The maximum Gasteiger partial charge on any atom is 0.197 e. The van der Waals surface area contributed by atoms with Gasteiger partial charge in [-0.3, -0.25) is 13.8 Å². The highest BCUT2D eigenvalue weighted by Crippen LogP contribution is 2.29. The highest BCUT2D eigenvalue weighted by Gasteiger charge is 2.22. The number of ketones is 2. The Hall–Kier alpha value is -2.40. The first-order valence-corrected chi connectivity index (χ1v) is 9.97. The average molecular weight is 342 g/mol. The van der Waals surface area contributed by atoms with Crippen LogP contribution in [0.4, 0.5) is 0 Å². The summed E-state index contributed by atoms with van der Waals surface area (Å²) in [5.74, 6) is 0.199. The summed E-state index contributed by atoms with van der Waals surface area (Å²) in [6, 6.07) is 12.5. The van der Waals surface area contributed by atoms with Gasteiger partial charge in [0, 0.05) is 35.4 Å². The van der Waals surface area contributed by atoms with Gasteiger partial charge in [-0.25, -0.2) is 0 Å². The van der Waals surface area contributed by atoms with Gasteiger partial charge in [-0.05, 0) is 27.2 Å². The minimum absolute atomic E-state index is 0.105. The van der Waals surface area contributed by atoms with Gasteiger partial charge in [0.05, 0.1) is 5.56 Å². The number of carbonyl (C=O) groups is 2. The fourth-order valence-corrected chi connectivity index (χ4v) is 3.43. The second-order valence-electron chi connectivity index (χ2n) is 6.18. The van der Waals surface area contributed by atoms with Crippen LogP contribution in [0.25, 0.3) is 0 Å². The monoisotopic (exact) mass is 342 g/mol. The minimum atomic E-state index is -2.23. The third-order valence-electron chi connectivity index (χ3n) is 3.73. The Kier molecular flexibility index (Phi) is 4.28. The number of Topliss-reactive ketones (excluding diaryl/α,β-unsaturated/α-hetero) is 1. The van der Waals surface area contributed by atoms with E-state index in [0.717, 1.165) is 5.56 Å². The third-order valence-corrected chi connectivity index (χ3v) is 4.56. The van der Waals surface area contributed by atoms with Crippen molar-refractivity contribution in [1.82, 2.24) is 0 Å². The molecule has 0 spiro atoms. The number of hydrogen-bond donors (Lipinski definition) is 0. The Labute approximate surface area is 141 Å². The normalized spacial score (nSPS) is 13.3. The van der Waals surface area contributed by atoms with Crippen molar-refractivity contribution in [3.63, 3.8) is 0 Å². The van der Waals surface area contributed by atoms with Crippen LogP contribution in [0, 0.1) is 0 Å². The second-order valence-corrected chi connectivity index (χ2v) is 9.03. The Morgan fingerprint density at radius 1 is 1.17 bits per heavy atom. The Morgan fingerprint density at radius 3 is 2.67 bits per heavy atom. The van der Waals surface area contributed by atoms with Crippen LogP contribution in [0.2, 0.25) is 0 Å². The summed E-state index contributed by atoms with van der Waals surface area (Å²) in [5.41, 5.74) is 2.63. The van der Waals surface area contributed by atoms with Crippen molar-refractivity contribution in [2.75, 3.05) is 12.5 Å². The molecule has 0 unspecified atom stereocenters. The zero-order chi connectivity index (χ0) is 17.3. The summed E-state index contributed by atoms with van der Waals surface area (Å²) in [7, 11) is -2.23. The summed E-state index contributed by atoms with van der Waals surface area (Å²) in [6.07, 6.45) is 3.16. The largest absolute Gasteiger partial charge is 0.488 e. The molecule has 5 heteroatoms. The van der Waals surface area contributed by atoms with Crippen LogP contribution in [0.15, 0.2) is 42.5 Å². The maximum atomic E-state index is 12.8. The lowest BCUT2D eigenvalue weighted by atomic mass is 9.97. The van der Waals surface area contributed by atoms with E-state index in [1.54, 1.807) is 24.3 Å². The molecule has 3 rings (SSSR count). The number of rotatable bonds is 3. The summed E-state index contributed by atoms with van der Waals surface area (Å²) in [4.78, 5) is 24.8. The highest BCUT2D eigenvalue weighted by atomic mass is 32.2. The lowest BCUT2D eigenvalue weighted by Gasteiger charge is -2.08. The Bertz CT molecular complexity index is 942. The summed E-state index contributed by atoms with van der Waals surface area (Å²) in [5, 5.41) is 1.26. The van der Waals surface area contributed by atoms with E-state index in [4.69, 9.17) is 4.74 Å². The van der Waals surface area contributed by atoms with Crippen LogP contribution >= 0.6 is 0 Å². The molecule has 24 heavy (non-hydrogen) atoms. The van der Waals surface area contributed by atoms with Gasteiger partial charge < -0.3 is 4.74 Å². The van der Waals surface area contributed by atoms with E-state index in [2.05, 4.69) is 0 Å². The van der Waals surface area contributed by atoms with E-state index in [1.165, 1.54) is 17.9 Å². The van der Waals surface area contributed by atoms with Crippen molar-refractivity contribution < 1.29 is 18.5 Å². The SMILES string of the molecule is CS(C)(=O)=CC(=O)Cc1ccc2c(c1)C(=O)c1ccccc1CO2. The molecule has 124 valence electrons. The first kappa shape index (κ1) is 16.5. The fourth-order valence-electron chi connectivity index (χ4n) is 2.72. The number of carbonyl (C=O) groups excluding carboxylic acids is 2. The molecule has 0 bridgehead atoms. The molecule has 0 saturated heterocycles. The van der Waals surface area contributed by atoms with E-state index in [9.17, 15) is 13.8 Å². The van der Waals surface area contributed by atoms with Gasteiger partial charge in [-0.1, -0.05) is 30.3 Å². The van der Waals surface area contributed by atoms with Crippen LogP contribution < -0.4 is 4.74 Å². The first-order chi connectivity index (χ1) is 11.3. The molecule has 4 nitrogen and oxygen atoms in total. The second kappa shape index (κ2) is 6.24. The molecule has 0 radical (unpaired) electrons. The molecule has 0 atom stereocenters. The van der Waals surface area contributed by atoms with Gasteiger partial charge in [0.1, 0.15) is 12.4 Å². The van der Waals surface area contributed by atoms with E-state index < -0.39 is 9.52 Å². The van der Waals surface area contributed by atoms with Crippen molar-refractivity contribution in [3.05, 3.63) is 64.7 Å². The number of hydrogen-bond acceptors (Lipinski definition) is 4. The predicted molar refractivity (Wildman–Crippen MR) is 95.4 cm³/mol. The molecule has 2 aromatic rings. The molecule has 0 saturated carbocycles. The van der Waals surface area contributed by atoms with E-state index >= 15 is 0 Å². The van der Waals surface area contributed by atoms with E-state index in [0.29, 0.717) is 29.0 Å². The van der Waals surface area contributed by atoms with Gasteiger partial charge in [-0.15, -0.1) is 0 Å². The van der Waals surface area contributed by atoms with Gasteiger partial charge in [-0.2, -0.15) is 0 Å². The lowest BCUT2D eigenvalue weighted by Crippen LogP contribution is -2.11. The van der Waals surface area contributed by atoms with Crippen LogP contribution in [0.3, 0.4) is 0 Å². The third kappa shape index (κ3) is 3.57. The zero-order valence-electron chi connectivity index (χ0n) is 13.6. The zero-order valence-corrected chi connectivity index (χ0v) is 14.4. The van der Waals surface area contributed by atoms with Gasteiger partial charge >= 0.3 is 0 Å². The highest BCUT2D eigenvalue weighted by molar-refractivity contribution is 8.01. The number of fused-ring (bicyclic) bond motifs is 2.